The van der Waals surface area contributed by atoms with Crippen LogP contribution >= 0.6 is 0 Å². The topological polar surface area (TPSA) is 192 Å². The summed E-state index contributed by atoms with van der Waals surface area (Å²) in [4.78, 5) is 0. The Balaban J connectivity index is 1.47. The highest BCUT2D eigenvalue weighted by atomic mass is 16.4. The summed E-state index contributed by atoms with van der Waals surface area (Å²) in [6.07, 6.45) is 0.587. The summed E-state index contributed by atoms with van der Waals surface area (Å²) < 4.78 is 3.31. The minimum atomic E-state index is -1.10. The standard InChI is InChI=1S/C43H38BN2O9/c1-42(2,43(3,4)55)20-44-22-14-16-24(21-10-6-5-7-11-21)28(18-22)46-27-13-9-8-12-25(27)26-17-15-23(19-29(26)46)45-32-30(34(47)38(51)40(53)36(32)49)31-33(45)37(50)41(54)39(52)35(31)48/h5-19,47-55H,20H2,1-4H3. The number of aromatic nitrogens is 2. The van der Waals surface area contributed by atoms with E-state index in [1.54, 1.807) is 26.0 Å². The molecule has 2 heterocycles. The normalized spacial score (nSPS) is 12.4. The van der Waals surface area contributed by atoms with Gasteiger partial charge in [0.05, 0.1) is 33.1 Å². The van der Waals surface area contributed by atoms with Gasteiger partial charge in [0, 0.05) is 22.0 Å². The molecule has 0 saturated carbocycles. The lowest BCUT2D eigenvalue weighted by Crippen LogP contribution is -2.40. The lowest BCUT2D eigenvalue weighted by molar-refractivity contribution is -0.0236. The van der Waals surface area contributed by atoms with E-state index in [2.05, 4.69) is 24.0 Å². The number of benzene rings is 6. The van der Waals surface area contributed by atoms with Crippen molar-refractivity contribution < 1.29 is 46.0 Å². The predicted octanol–water partition coefficient (Wildman–Crippen LogP) is 7.74. The van der Waals surface area contributed by atoms with E-state index in [0.29, 0.717) is 11.8 Å². The molecular weight excluding hydrogens is 699 g/mol. The van der Waals surface area contributed by atoms with Crippen molar-refractivity contribution in [3.8, 4) is 68.5 Å². The first-order valence-electron chi connectivity index (χ1n) is 17.6. The van der Waals surface area contributed by atoms with Crippen LogP contribution in [0.2, 0.25) is 6.32 Å². The Labute approximate surface area is 315 Å². The molecule has 55 heavy (non-hydrogen) atoms. The zero-order chi connectivity index (χ0) is 39.3. The summed E-state index contributed by atoms with van der Waals surface area (Å²) in [7, 11) is 2.10. The second-order valence-electron chi connectivity index (χ2n) is 15.1. The number of nitrogens with zero attached hydrogens (tertiary/aromatic N) is 2. The molecule has 12 heteroatoms. The summed E-state index contributed by atoms with van der Waals surface area (Å²) in [5.41, 5.74) is 3.32. The number of phenolic OH excluding ortho intramolecular Hbond substituents is 8. The minimum absolute atomic E-state index is 0.243. The van der Waals surface area contributed by atoms with Crippen molar-refractivity contribution in [2.24, 2.45) is 5.41 Å². The van der Waals surface area contributed by atoms with Gasteiger partial charge in [0.25, 0.3) is 0 Å². The van der Waals surface area contributed by atoms with Crippen molar-refractivity contribution in [1.82, 2.24) is 9.13 Å². The Morgan fingerprint density at radius 3 is 1.67 bits per heavy atom. The van der Waals surface area contributed by atoms with Crippen molar-refractivity contribution in [2.75, 3.05) is 0 Å². The first-order chi connectivity index (χ1) is 26.0. The van der Waals surface area contributed by atoms with Gasteiger partial charge in [0.1, 0.15) is 11.0 Å². The van der Waals surface area contributed by atoms with E-state index in [4.69, 9.17) is 0 Å². The summed E-state index contributed by atoms with van der Waals surface area (Å²) >= 11 is 0. The molecule has 0 spiro atoms. The van der Waals surface area contributed by atoms with Crippen molar-refractivity contribution in [3.63, 3.8) is 0 Å². The fraction of sp³-hybridized carbons (Fsp3) is 0.163. The van der Waals surface area contributed by atoms with E-state index in [9.17, 15) is 46.0 Å². The number of phenols is 8. The Morgan fingerprint density at radius 1 is 0.527 bits per heavy atom. The Morgan fingerprint density at radius 2 is 1.07 bits per heavy atom. The monoisotopic (exact) mass is 737 g/mol. The molecule has 2 aromatic heterocycles. The van der Waals surface area contributed by atoms with Crippen LogP contribution in [0.5, 0.6) is 46.0 Å². The van der Waals surface area contributed by atoms with E-state index in [-0.39, 0.29) is 16.7 Å². The van der Waals surface area contributed by atoms with E-state index in [1.165, 1.54) is 4.57 Å². The maximum absolute atomic E-state index is 11.3. The van der Waals surface area contributed by atoms with Crippen molar-refractivity contribution >= 4 is 56.4 Å². The molecule has 11 nitrogen and oxygen atoms in total. The van der Waals surface area contributed by atoms with Gasteiger partial charge in [-0.15, -0.1) is 0 Å². The maximum atomic E-state index is 11.3. The number of hydrogen-bond acceptors (Lipinski definition) is 9. The summed E-state index contributed by atoms with van der Waals surface area (Å²) in [6, 6.07) is 29.2. The molecule has 277 valence electrons. The predicted molar refractivity (Wildman–Crippen MR) is 214 cm³/mol. The smallest absolute Gasteiger partial charge is 0.206 e. The maximum Gasteiger partial charge on any atom is 0.206 e. The Kier molecular flexibility index (Phi) is 7.84. The van der Waals surface area contributed by atoms with Crippen LogP contribution in [0.1, 0.15) is 27.7 Å². The number of fused-ring (bicyclic) bond motifs is 6. The van der Waals surface area contributed by atoms with Crippen LogP contribution in [0.4, 0.5) is 0 Å². The molecule has 0 atom stereocenters. The molecular formula is C43H38BN2O9. The van der Waals surface area contributed by atoms with Gasteiger partial charge in [-0.2, -0.15) is 0 Å². The number of hydrogen-bond donors (Lipinski definition) is 9. The Bertz CT molecular complexity index is 2790. The lowest BCUT2D eigenvalue weighted by atomic mass is 9.56. The molecule has 0 fully saturated rings. The Hall–Kier alpha value is -6.66. The van der Waals surface area contributed by atoms with Gasteiger partial charge in [0.15, 0.2) is 30.3 Å². The number of aromatic hydroxyl groups is 8. The van der Waals surface area contributed by atoms with Crippen LogP contribution in [0.25, 0.3) is 66.1 Å². The lowest BCUT2D eigenvalue weighted by Gasteiger charge is -2.37. The molecule has 0 saturated heterocycles. The van der Waals surface area contributed by atoms with Crippen LogP contribution in [0.15, 0.2) is 91.0 Å². The van der Waals surface area contributed by atoms with E-state index in [0.717, 1.165) is 38.6 Å². The molecule has 0 aliphatic heterocycles. The molecule has 6 aromatic carbocycles. The highest BCUT2D eigenvalue weighted by Crippen LogP contribution is 2.59. The molecule has 0 aliphatic carbocycles. The quantitative estimate of drug-likeness (QED) is 0.0447. The van der Waals surface area contributed by atoms with Crippen LogP contribution in [-0.4, -0.2) is 68.0 Å². The number of rotatable bonds is 7. The zero-order valence-corrected chi connectivity index (χ0v) is 30.4. The minimum Gasteiger partial charge on any atom is -0.504 e. The van der Waals surface area contributed by atoms with Gasteiger partial charge in [-0.25, -0.2) is 0 Å². The van der Waals surface area contributed by atoms with Crippen molar-refractivity contribution in [3.05, 3.63) is 91.0 Å². The van der Waals surface area contributed by atoms with Gasteiger partial charge in [0.2, 0.25) is 23.0 Å². The van der Waals surface area contributed by atoms with Gasteiger partial charge in [-0.3, -0.25) is 0 Å². The molecule has 0 bridgehead atoms. The van der Waals surface area contributed by atoms with Crippen LogP contribution in [0, 0.1) is 5.41 Å². The van der Waals surface area contributed by atoms with Gasteiger partial charge in [-0.05, 0) is 49.1 Å². The highest BCUT2D eigenvalue weighted by Gasteiger charge is 2.35. The first kappa shape index (κ1) is 35.4. The number of aliphatic hydroxyl groups is 1. The largest absolute Gasteiger partial charge is 0.504 e. The molecule has 8 aromatic rings. The van der Waals surface area contributed by atoms with Crippen LogP contribution in [0.3, 0.4) is 0 Å². The zero-order valence-electron chi connectivity index (χ0n) is 30.4. The average Bonchev–Trinajstić information content (AvgIpc) is 3.70. The summed E-state index contributed by atoms with van der Waals surface area (Å²) in [6.45, 7) is 7.63. The fourth-order valence-electron chi connectivity index (χ4n) is 7.35. The SMILES string of the molecule is CC(C)(O)C(C)(C)C[B]c1ccc(-c2ccccc2)c(-n2c3ccccc3c3ccc(-n4c5c(O)c(O)c(O)c(O)c5c5c(O)c(O)c(O)c(O)c54)cc32)c1. The third-order valence-corrected chi connectivity index (χ3v) is 11.2. The highest BCUT2D eigenvalue weighted by molar-refractivity contribution is 6.53. The van der Waals surface area contributed by atoms with Gasteiger partial charge >= 0.3 is 0 Å². The average molecular weight is 738 g/mol. The number of para-hydroxylation sites is 1. The summed E-state index contributed by atoms with van der Waals surface area (Å²) in [5.74, 6) is -8.01. The van der Waals surface area contributed by atoms with Gasteiger partial charge in [-0.1, -0.05) is 92.4 Å². The van der Waals surface area contributed by atoms with Crippen LogP contribution in [-0.2, 0) is 0 Å². The second kappa shape index (κ2) is 12.2. The third-order valence-electron chi connectivity index (χ3n) is 11.2. The molecule has 9 N–H and O–H groups in total. The molecule has 0 aliphatic rings. The summed E-state index contributed by atoms with van der Waals surface area (Å²) in [5, 5.41) is 98.9. The molecule has 0 amide bonds. The van der Waals surface area contributed by atoms with Crippen molar-refractivity contribution in [1.29, 1.82) is 0 Å². The van der Waals surface area contributed by atoms with Crippen LogP contribution < -0.4 is 5.46 Å². The van der Waals surface area contributed by atoms with Gasteiger partial charge < -0.3 is 55.1 Å². The molecule has 8 rings (SSSR count). The van der Waals surface area contributed by atoms with E-state index < -0.39 is 67.8 Å². The molecule has 0 unspecified atom stereocenters. The van der Waals surface area contributed by atoms with E-state index >= 15 is 0 Å². The first-order valence-corrected chi connectivity index (χ1v) is 17.6. The van der Waals surface area contributed by atoms with Crippen molar-refractivity contribution in [2.45, 2.75) is 39.6 Å². The third kappa shape index (κ3) is 5.16. The fourth-order valence-corrected chi connectivity index (χ4v) is 7.35. The second-order valence-corrected chi connectivity index (χ2v) is 15.1. The van der Waals surface area contributed by atoms with E-state index in [1.807, 2.05) is 80.6 Å². The molecule has 1 radical (unpaired) electrons.